The molecule has 0 atom stereocenters. The molecule has 1 nitrogen and oxygen atoms in total. The van der Waals surface area contributed by atoms with Gasteiger partial charge in [-0.25, -0.2) is 0 Å². The molecule has 1 fully saturated rings. The molecule has 0 spiro atoms. The van der Waals surface area contributed by atoms with Gasteiger partial charge < -0.3 is 0 Å². The Kier molecular flexibility index (Phi) is 4.86. The second kappa shape index (κ2) is 6.42. The van der Waals surface area contributed by atoms with Crippen molar-refractivity contribution in [3.8, 4) is 0 Å². The smallest absolute Gasteiger partial charge is 0.299 e. The highest BCUT2D eigenvalue weighted by Gasteiger charge is 2.29. The summed E-state index contributed by atoms with van der Waals surface area (Å²) >= 11 is 0. The standard InChI is InChI=1S/C15H20F3N/c16-15(17,18)14-8-6-13(7-9-14)12-19-10-4-2-1-3-5-11-19/h6-9H,1-5,10-12H2. The molecule has 1 aromatic carbocycles. The van der Waals surface area contributed by atoms with E-state index in [-0.39, 0.29) is 0 Å². The van der Waals surface area contributed by atoms with Crippen LogP contribution in [0.25, 0.3) is 0 Å². The summed E-state index contributed by atoms with van der Waals surface area (Å²) in [5.41, 5.74) is 0.400. The average Bonchev–Trinajstić information content (AvgIpc) is 2.32. The lowest BCUT2D eigenvalue weighted by Crippen LogP contribution is -2.26. The average molecular weight is 271 g/mol. The molecule has 0 saturated carbocycles. The van der Waals surface area contributed by atoms with Crippen LogP contribution in [0.4, 0.5) is 13.2 Å². The number of alkyl halides is 3. The number of likely N-dealkylation sites (tertiary alicyclic amines) is 1. The second-order valence-electron chi connectivity index (χ2n) is 5.24. The fraction of sp³-hybridized carbons (Fsp3) is 0.600. The van der Waals surface area contributed by atoms with Crippen molar-refractivity contribution in [1.29, 1.82) is 0 Å². The van der Waals surface area contributed by atoms with Gasteiger partial charge in [0.1, 0.15) is 0 Å². The fourth-order valence-corrected chi connectivity index (χ4v) is 2.53. The van der Waals surface area contributed by atoms with Crippen LogP contribution in [0.1, 0.15) is 43.2 Å². The molecule has 0 aromatic heterocycles. The van der Waals surface area contributed by atoms with E-state index in [0.29, 0.717) is 0 Å². The monoisotopic (exact) mass is 271 g/mol. The first-order chi connectivity index (χ1) is 9.05. The van der Waals surface area contributed by atoms with Gasteiger partial charge in [0, 0.05) is 6.54 Å². The Balaban J connectivity index is 1.94. The lowest BCUT2D eigenvalue weighted by molar-refractivity contribution is -0.137. The quantitative estimate of drug-likeness (QED) is 0.767. The van der Waals surface area contributed by atoms with Gasteiger partial charge in [-0.15, -0.1) is 0 Å². The zero-order valence-electron chi connectivity index (χ0n) is 11.0. The molecule has 4 heteroatoms. The molecule has 1 aromatic rings. The first-order valence-electron chi connectivity index (χ1n) is 6.94. The number of nitrogens with zero attached hydrogens (tertiary/aromatic N) is 1. The zero-order chi connectivity index (χ0) is 13.7. The summed E-state index contributed by atoms with van der Waals surface area (Å²) in [7, 11) is 0. The Bertz CT molecular complexity index is 375. The number of halogens is 3. The van der Waals surface area contributed by atoms with Crippen LogP contribution in [-0.2, 0) is 12.7 Å². The second-order valence-corrected chi connectivity index (χ2v) is 5.24. The van der Waals surface area contributed by atoms with Crippen LogP contribution in [-0.4, -0.2) is 18.0 Å². The molecule has 0 aliphatic carbocycles. The Hall–Kier alpha value is -1.03. The third-order valence-corrected chi connectivity index (χ3v) is 3.64. The first-order valence-corrected chi connectivity index (χ1v) is 6.94. The van der Waals surface area contributed by atoms with E-state index >= 15 is 0 Å². The van der Waals surface area contributed by atoms with Crippen molar-refractivity contribution < 1.29 is 13.2 Å². The maximum absolute atomic E-state index is 12.5. The molecule has 2 rings (SSSR count). The molecule has 0 radical (unpaired) electrons. The predicted molar refractivity (Wildman–Crippen MR) is 69.8 cm³/mol. The predicted octanol–water partition coefficient (Wildman–Crippen LogP) is 4.47. The normalized spacial score (nSPS) is 18.9. The van der Waals surface area contributed by atoms with E-state index in [1.807, 2.05) is 0 Å². The molecule has 1 heterocycles. The van der Waals surface area contributed by atoms with Gasteiger partial charge in [-0.3, -0.25) is 4.90 Å². The van der Waals surface area contributed by atoms with E-state index in [0.717, 1.165) is 25.2 Å². The summed E-state index contributed by atoms with van der Waals surface area (Å²) in [6.07, 6.45) is 2.00. The van der Waals surface area contributed by atoms with Crippen LogP contribution in [0, 0.1) is 0 Å². The van der Waals surface area contributed by atoms with Gasteiger partial charge in [-0.05, 0) is 43.6 Å². The van der Waals surface area contributed by atoms with Gasteiger partial charge in [0.2, 0.25) is 0 Å². The summed E-state index contributed by atoms with van der Waals surface area (Å²) in [4.78, 5) is 2.35. The molecule has 1 saturated heterocycles. The first kappa shape index (κ1) is 14.4. The van der Waals surface area contributed by atoms with E-state index in [4.69, 9.17) is 0 Å². The van der Waals surface area contributed by atoms with Gasteiger partial charge >= 0.3 is 6.18 Å². The number of hydrogen-bond donors (Lipinski definition) is 0. The zero-order valence-corrected chi connectivity index (χ0v) is 11.0. The minimum Gasteiger partial charge on any atom is -0.299 e. The van der Waals surface area contributed by atoms with Crippen molar-refractivity contribution in [3.63, 3.8) is 0 Å². The van der Waals surface area contributed by atoms with E-state index < -0.39 is 11.7 Å². The number of hydrogen-bond acceptors (Lipinski definition) is 1. The molecular formula is C15H20F3N. The molecule has 19 heavy (non-hydrogen) atoms. The van der Waals surface area contributed by atoms with Crippen LogP contribution in [0.5, 0.6) is 0 Å². The van der Waals surface area contributed by atoms with E-state index in [2.05, 4.69) is 4.90 Å². The third kappa shape index (κ3) is 4.53. The molecule has 1 aliphatic heterocycles. The highest BCUT2D eigenvalue weighted by atomic mass is 19.4. The van der Waals surface area contributed by atoms with Crippen molar-refractivity contribution in [1.82, 2.24) is 4.90 Å². The Morgan fingerprint density at radius 2 is 1.37 bits per heavy atom. The Labute approximate surface area is 112 Å². The summed E-state index contributed by atoms with van der Waals surface area (Å²) in [6.45, 7) is 2.88. The molecule has 0 N–H and O–H groups in total. The minimum atomic E-state index is -4.24. The highest BCUT2D eigenvalue weighted by Crippen LogP contribution is 2.29. The van der Waals surface area contributed by atoms with Crippen molar-refractivity contribution in [3.05, 3.63) is 35.4 Å². The highest BCUT2D eigenvalue weighted by molar-refractivity contribution is 5.24. The topological polar surface area (TPSA) is 3.24 Å². The molecule has 0 unspecified atom stereocenters. The molecular weight excluding hydrogens is 251 g/mol. The van der Waals surface area contributed by atoms with Gasteiger partial charge in [0.05, 0.1) is 5.56 Å². The van der Waals surface area contributed by atoms with Crippen LogP contribution in [0.3, 0.4) is 0 Å². The molecule has 106 valence electrons. The van der Waals surface area contributed by atoms with E-state index in [1.165, 1.54) is 44.2 Å². The fourth-order valence-electron chi connectivity index (χ4n) is 2.53. The van der Waals surface area contributed by atoms with Crippen molar-refractivity contribution in [2.45, 2.75) is 44.8 Å². The maximum Gasteiger partial charge on any atom is 0.416 e. The van der Waals surface area contributed by atoms with Gasteiger partial charge in [0.15, 0.2) is 0 Å². The Morgan fingerprint density at radius 3 is 1.89 bits per heavy atom. The lowest BCUT2D eigenvalue weighted by Gasteiger charge is -2.24. The van der Waals surface area contributed by atoms with Crippen LogP contribution < -0.4 is 0 Å². The van der Waals surface area contributed by atoms with Crippen molar-refractivity contribution in [2.24, 2.45) is 0 Å². The van der Waals surface area contributed by atoms with Crippen LogP contribution in [0.15, 0.2) is 24.3 Å². The Morgan fingerprint density at radius 1 is 0.842 bits per heavy atom. The van der Waals surface area contributed by atoms with E-state index in [9.17, 15) is 13.2 Å². The van der Waals surface area contributed by atoms with Crippen molar-refractivity contribution in [2.75, 3.05) is 13.1 Å². The number of rotatable bonds is 2. The van der Waals surface area contributed by atoms with Gasteiger partial charge in [0.25, 0.3) is 0 Å². The summed E-state index contributed by atoms with van der Waals surface area (Å²) < 4.78 is 37.4. The summed E-state index contributed by atoms with van der Waals surface area (Å²) in [6, 6.07) is 5.56. The SMILES string of the molecule is FC(F)(F)c1ccc(CN2CCCCCCC2)cc1. The lowest BCUT2D eigenvalue weighted by atomic mass is 10.1. The van der Waals surface area contributed by atoms with Crippen LogP contribution in [0.2, 0.25) is 0 Å². The van der Waals surface area contributed by atoms with Crippen molar-refractivity contribution >= 4 is 0 Å². The summed E-state index contributed by atoms with van der Waals surface area (Å²) in [5.74, 6) is 0. The molecule has 0 amide bonds. The van der Waals surface area contributed by atoms with Gasteiger partial charge in [-0.2, -0.15) is 13.2 Å². The van der Waals surface area contributed by atoms with E-state index in [1.54, 1.807) is 12.1 Å². The van der Waals surface area contributed by atoms with Crippen LogP contribution >= 0.6 is 0 Å². The largest absolute Gasteiger partial charge is 0.416 e. The third-order valence-electron chi connectivity index (χ3n) is 3.64. The molecule has 0 bridgehead atoms. The maximum atomic E-state index is 12.5. The van der Waals surface area contributed by atoms with Gasteiger partial charge in [-0.1, -0.05) is 31.4 Å². The molecule has 1 aliphatic rings. The number of benzene rings is 1. The summed E-state index contributed by atoms with van der Waals surface area (Å²) in [5, 5.41) is 0. The minimum absolute atomic E-state index is 0.566.